The van der Waals surface area contributed by atoms with Gasteiger partial charge in [-0.2, -0.15) is 0 Å². The molecule has 2 aromatic carbocycles. The Balaban J connectivity index is 1.35. The Morgan fingerprint density at radius 3 is 2.43 bits per heavy atom. The third-order valence-corrected chi connectivity index (χ3v) is 7.75. The number of nitrogens with zero attached hydrogens (tertiary/aromatic N) is 4. The highest BCUT2D eigenvalue weighted by atomic mass is 19.1. The van der Waals surface area contributed by atoms with E-state index in [0.717, 1.165) is 11.3 Å². The summed E-state index contributed by atoms with van der Waals surface area (Å²) in [4.78, 5) is 38.7. The molecule has 5 aromatic rings. The zero-order valence-electron chi connectivity index (χ0n) is 23.0. The summed E-state index contributed by atoms with van der Waals surface area (Å²) in [5.74, 6) is -0.871. The molecule has 3 N–H and O–H groups in total. The highest BCUT2D eigenvalue weighted by molar-refractivity contribution is 5.93. The van der Waals surface area contributed by atoms with Gasteiger partial charge in [0.15, 0.2) is 11.5 Å². The van der Waals surface area contributed by atoms with Gasteiger partial charge in [0.25, 0.3) is 0 Å². The van der Waals surface area contributed by atoms with Crippen molar-refractivity contribution in [1.29, 1.82) is 0 Å². The normalized spacial score (nSPS) is 16.7. The molecule has 1 fully saturated rings. The molecule has 0 bridgehead atoms. The van der Waals surface area contributed by atoms with Crippen LogP contribution in [0.25, 0.3) is 39.5 Å². The summed E-state index contributed by atoms with van der Waals surface area (Å²) in [5.41, 5.74) is 10.1. The molecular formula is C32H29FN6O3. The van der Waals surface area contributed by atoms with E-state index in [2.05, 4.69) is 10.3 Å². The molecule has 9 nitrogen and oxygen atoms in total. The molecule has 1 amide bonds. The molecule has 42 heavy (non-hydrogen) atoms. The molecule has 6 rings (SSSR count). The molecule has 0 aliphatic heterocycles. The van der Waals surface area contributed by atoms with Gasteiger partial charge in [0.2, 0.25) is 5.91 Å². The molecule has 1 aliphatic rings. The first-order chi connectivity index (χ1) is 20.4. The number of anilines is 2. The second kappa shape index (κ2) is 11.4. The SMILES string of the molecule is COC(=O)C1CCC(C(=O)Nc2ccc(-n3c(-c4cccnc4N)nc4ccc(-c5ccccc5)nc43)cc2F)CC1. The second-order valence-corrected chi connectivity index (χ2v) is 10.3. The van der Waals surface area contributed by atoms with E-state index in [1.54, 1.807) is 29.0 Å². The van der Waals surface area contributed by atoms with Gasteiger partial charge in [-0.15, -0.1) is 0 Å². The lowest BCUT2D eigenvalue weighted by atomic mass is 9.81. The number of hydrogen-bond donors (Lipinski definition) is 2. The summed E-state index contributed by atoms with van der Waals surface area (Å²) < 4.78 is 22.1. The number of amides is 1. The van der Waals surface area contributed by atoms with Crippen LogP contribution in [-0.4, -0.2) is 38.5 Å². The Hall–Kier alpha value is -5.12. The summed E-state index contributed by atoms with van der Waals surface area (Å²) in [6.45, 7) is 0. The largest absolute Gasteiger partial charge is 0.469 e. The number of carbonyl (C=O) groups excluding carboxylic acids is 2. The number of rotatable bonds is 6. The number of esters is 1. The Morgan fingerprint density at radius 1 is 0.952 bits per heavy atom. The fraction of sp³-hybridized carbons (Fsp3) is 0.219. The molecule has 1 saturated carbocycles. The molecule has 0 atom stereocenters. The van der Waals surface area contributed by atoms with Gasteiger partial charge < -0.3 is 15.8 Å². The van der Waals surface area contributed by atoms with Gasteiger partial charge in [-0.25, -0.2) is 19.3 Å². The molecule has 0 radical (unpaired) electrons. The number of halogens is 1. The van der Waals surface area contributed by atoms with E-state index in [0.29, 0.717) is 53.9 Å². The third-order valence-electron chi connectivity index (χ3n) is 7.75. The highest BCUT2D eigenvalue weighted by Gasteiger charge is 2.31. The van der Waals surface area contributed by atoms with Crippen LogP contribution < -0.4 is 11.1 Å². The van der Waals surface area contributed by atoms with Crippen molar-refractivity contribution in [2.75, 3.05) is 18.2 Å². The van der Waals surface area contributed by atoms with Crippen LogP contribution in [-0.2, 0) is 14.3 Å². The Kier molecular flexibility index (Phi) is 7.35. The average Bonchev–Trinajstić information content (AvgIpc) is 3.41. The summed E-state index contributed by atoms with van der Waals surface area (Å²) in [6, 6.07) is 21.7. The monoisotopic (exact) mass is 564 g/mol. The van der Waals surface area contributed by atoms with Gasteiger partial charge in [0, 0.05) is 23.7 Å². The summed E-state index contributed by atoms with van der Waals surface area (Å²) in [6.07, 6.45) is 3.81. The van der Waals surface area contributed by atoms with Gasteiger partial charge in [0.1, 0.15) is 17.2 Å². The zero-order chi connectivity index (χ0) is 29.2. The van der Waals surface area contributed by atoms with Crippen molar-refractivity contribution in [3.05, 3.63) is 84.8 Å². The molecule has 3 heterocycles. The minimum absolute atomic E-state index is 0.0728. The van der Waals surface area contributed by atoms with Crippen molar-refractivity contribution >= 4 is 34.5 Å². The average molecular weight is 565 g/mol. The number of pyridine rings is 2. The number of nitrogens with one attached hydrogen (secondary N) is 1. The maximum atomic E-state index is 15.6. The van der Waals surface area contributed by atoms with Crippen LogP contribution in [0.5, 0.6) is 0 Å². The predicted octanol–water partition coefficient (Wildman–Crippen LogP) is 5.79. The van der Waals surface area contributed by atoms with E-state index in [1.807, 2.05) is 42.5 Å². The van der Waals surface area contributed by atoms with Crippen LogP contribution >= 0.6 is 0 Å². The van der Waals surface area contributed by atoms with Crippen molar-refractivity contribution in [1.82, 2.24) is 19.5 Å². The summed E-state index contributed by atoms with van der Waals surface area (Å²) >= 11 is 0. The highest BCUT2D eigenvalue weighted by Crippen LogP contribution is 2.34. The third kappa shape index (κ3) is 5.18. The van der Waals surface area contributed by atoms with Crippen LogP contribution in [0.2, 0.25) is 0 Å². The van der Waals surface area contributed by atoms with Gasteiger partial charge in [-0.3, -0.25) is 14.2 Å². The molecule has 1 aliphatic carbocycles. The molecular weight excluding hydrogens is 535 g/mol. The number of nitrogens with two attached hydrogens (primary N) is 1. The number of methoxy groups -OCH3 is 1. The number of hydrogen-bond acceptors (Lipinski definition) is 7. The van der Waals surface area contributed by atoms with Crippen LogP contribution in [0.3, 0.4) is 0 Å². The quantitative estimate of drug-likeness (QED) is 0.250. The number of fused-ring (bicyclic) bond motifs is 1. The van der Waals surface area contributed by atoms with E-state index in [4.69, 9.17) is 20.4 Å². The van der Waals surface area contributed by atoms with Crippen LogP contribution in [0.4, 0.5) is 15.9 Å². The number of aromatic nitrogens is 4. The van der Waals surface area contributed by atoms with E-state index >= 15 is 4.39 Å². The summed E-state index contributed by atoms with van der Waals surface area (Å²) in [5, 5.41) is 2.73. The first-order valence-corrected chi connectivity index (χ1v) is 13.8. The van der Waals surface area contributed by atoms with Crippen molar-refractivity contribution < 1.29 is 18.7 Å². The minimum atomic E-state index is -0.602. The Bertz CT molecular complexity index is 1780. The molecule has 0 saturated heterocycles. The van der Waals surface area contributed by atoms with E-state index in [-0.39, 0.29) is 35.2 Å². The molecule has 0 unspecified atom stereocenters. The number of imidazole rings is 1. The predicted molar refractivity (Wildman–Crippen MR) is 158 cm³/mol. The lowest BCUT2D eigenvalue weighted by Gasteiger charge is -2.26. The lowest BCUT2D eigenvalue weighted by Crippen LogP contribution is -2.30. The number of nitrogen functional groups attached to an aromatic ring is 1. The van der Waals surface area contributed by atoms with E-state index < -0.39 is 5.82 Å². The fourth-order valence-electron chi connectivity index (χ4n) is 5.50. The van der Waals surface area contributed by atoms with Crippen molar-refractivity contribution in [3.8, 4) is 28.3 Å². The van der Waals surface area contributed by atoms with Gasteiger partial charge in [-0.05, 0) is 62.1 Å². The first-order valence-electron chi connectivity index (χ1n) is 13.8. The van der Waals surface area contributed by atoms with Crippen molar-refractivity contribution in [2.45, 2.75) is 25.7 Å². The van der Waals surface area contributed by atoms with Crippen LogP contribution in [0.1, 0.15) is 25.7 Å². The fourth-order valence-corrected chi connectivity index (χ4v) is 5.50. The molecule has 212 valence electrons. The Labute approximate surface area is 241 Å². The smallest absolute Gasteiger partial charge is 0.308 e. The number of ether oxygens (including phenoxy) is 1. The Morgan fingerprint density at radius 2 is 1.71 bits per heavy atom. The van der Waals surface area contributed by atoms with E-state index in [1.165, 1.54) is 19.2 Å². The van der Waals surface area contributed by atoms with E-state index in [9.17, 15) is 9.59 Å². The molecule has 0 spiro atoms. The second-order valence-electron chi connectivity index (χ2n) is 10.3. The van der Waals surface area contributed by atoms with Gasteiger partial charge in [0.05, 0.1) is 35.7 Å². The number of carbonyl (C=O) groups is 2. The van der Waals surface area contributed by atoms with Crippen molar-refractivity contribution in [3.63, 3.8) is 0 Å². The van der Waals surface area contributed by atoms with Crippen LogP contribution in [0, 0.1) is 17.7 Å². The molecule has 10 heteroatoms. The number of benzene rings is 2. The minimum Gasteiger partial charge on any atom is -0.469 e. The van der Waals surface area contributed by atoms with Gasteiger partial charge in [-0.1, -0.05) is 30.3 Å². The van der Waals surface area contributed by atoms with Crippen LogP contribution in [0.15, 0.2) is 79.0 Å². The first kappa shape index (κ1) is 27.1. The summed E-state index contributed by atoms with van der Waals surface area (Å²) in [7, 11) is 1.37. The lowest BCUT2D eigenvalue weighted by molar-refractivity contribution is -0.147. The van der Waals surface area contributed by atoms with Gasteiger partial charge >= 0.3 is 5.97 Å². The zero-order valence-corrected chi connectivity index (χ0v) is 23.0. The molecule has 3 aromatic heterocycles. The topological polar surface area (TPSA) is 125 Å². The maximum absolute atomic E-state index is 15.6. The standard InChI is InChI=1S/C32H29FN6O3/c1-42-32(41)21-11-9-20(10-12-21)31(40)38-26-14-13-22(18-24(26)33)39-29(23-8-5-17-35-28(23)34)37-27-16-15-25(36-30(27)39)19-6-3-2-4-7-19/h2-8,13-18,20-21H,9-12H2,1H3,(H2,34,35)(H,38,40). The van der Waals surface area contributed by atoms with Crippen molar-refractivity contribution in [2.24, 2.45) is 11.8 Å². The maximum Gasteiger partial charge on any atom is 0.308 e.